The number of thiophene rings is 1. The number of aromatic nitrogens is 3. The molecule has 7 heteroatoms. The lowest BCUT2D eigenvalue weighted by molar-refractivity contribution is 0.669. The van der Waals surface area contributed by atoms with Crippen molar-refractivity contribution in [2.24, 2.45) is 0 Å². The van der Waals surface area contributed by atoms with Crippen LogP contribution in [0, 0.1) is 22.7 Å². The standard InChI is InChI=1S/C48H25N5OS/c49-26-30-25-29(21-23-37(30)53-38-17-7-4-13-31(38)32-22-24-40-44(47(32)53)33-14-5-8-18-39(33)54-40)46-36(27-50)45(28-11-2-1-3-12-28)51-48(52-46)35-16-10-20-42-43(35)34-15-6-9-19-41(34)55-42/h1-25H. The number of hydrogen-bond acceptors (Lipinski definition) is 6. The highest BCUT2D eigenvalue weighted by Crippen LogP contribution is 2.43. The van der Waals surface area contributed by atoms with Crippen molar-refractivity contribution in [3.05, 3.63) is 163 Å². The Bertz CT molecular complexity index is 3470. The van der Waals surface area contributed by atoms with E-state index in [1.54, 1.807) is 11.3 Å². The highest BCUT2D eigenvalue weighted by atomic mass is 32.1. The van der Waals surface area contributed by atoms with Crippen LogP contribution in [-0.4, -0.2) is 14.5 Å². The fourth-order valence-corrected chi connectivity index (χ4v) is 9.28. The lowest BCUT2D eigenvalue weighted by Crippen LogP contribution is -2.03. The molecule has 0 saturated carbocycles. The molecule has 4 heterocycles. The quantitative estimate of drug-likeness (QED) is 0.181. The maximum atomic E-state index is 10.9. The number of para-hydroxylation sites is 2. The molecule has 0 unspecified atom stereocenters. The van der Waals surface area contributed by atoms with Gasteiger partial charge in [0.1, 0.15) is 28.9 Å². The second-order valence-corrected chi connectivity index (χ2v) is 14.6. The smallest absolute Gasteiger partial charge is 0.161 e. The lowest BCUT2D eigenvalue weighted by atomic mass is 9.98. The molecule has 0 N–H and O–H groups in total. The van der Waals surface area contributed by atoms with Crippen molar-refractivity contribution >= 4 is 75.3 Å². The van der Waals surface area contributed by atoms with Crippen molar-refractivity contribution in [2.45, 2.75) is 0 Å². The van der Waals surface area contributed by atoms with Crippen LogP contribution in [0.3, 0.4) is 0 Å². The molecule has 0 aliphatic heterocycles. The molecule has 11 rings (SSSR count). The van der Waals surface area contributed by atoms with Crippen molar-refractivity contribution < 1.29 is 4.42 Å². The van der Waals surface area contributed by atoms with E-state index in [0.717, 1.165) is 76.0 Å². The number of benzene rings is 7. The van der Waals surface area contributed by atoms with Crippen molar-refractivity contribution in [3.63, 3.8) is 0 Å². The molecule has 0 atom stereocenters. The van der Waals surface area contributed by atoms with Crippen LogP contribution in [0.15, 0.2) is 156 Å². The summed E-state index contributed by atoms with van der Waals surface area (Å²) in [6.45, 7) is 0. The minimum absolute atomic E-state index is 0.345. The summed E-state index contributed by atoms with van der Waals surface area (Å²) in [5.74, 6) is 0.515. The number of nitrogens with zero attached hydrogens (tertiary/aromatic N) is 5. The van der Waals surface area contributed by atoms with Crippen LogP contribution in [0.5, 0.6) is 0 Å². The zero-order valence-corrected chi connectivity index (χ0v) is 29.8. The molecule has 11 aromatic rings. The van der Waals surface area contributed by atoms with E-state index in [-0.39, 0.29) is 0 Å². The minimum Gasteiger partial charge on any atom is -0.456 e. The van der Waals surface area contributed by atoms with E-state index in [0.29, 0.717) is 33.9 Å². The Morgan fingerprint density at radius 1 is 0.545 bits per heavy atom. The van der Waals surface area contributed by atoms with Gasteiger partial charge < -0.3 is 8.98 Å². The molecule has 0 aliphatic carbocycles. The van der Waals surface area contributed by atoms with Gasteiger partial charge in [0.25, 0.3) is 0 Å². The first-order valence-electron chi connectivity index (χ1n) is 17.9. The van der Waals surface area contributed by atoms with E-state index in [4.69, 9.17) is 14.4 Å². The second kappa shape index (κ2) is 12.0. The summed E-state index contributed by atoms with van der Waals surface area (Å²) in [6, 6.07) is 55.5. The molecule has 0 bridgehead atoms. The molecule has 0 saturated heterocycles. The van der Waals surface area contributed by atoms with Crippen molar-refractivity contribution in [1.82, 2.24) is 14.5 Å². The molecule has 0 amide bonds. The minimum atomic E-state index is 0.345. The Morgan fingerprint density at radius 2 is 1.27 bits per heavy atom. The molecule has 254 valence electrons. The van der Waals surface area contributed by atoms with Crippen molar-refractivity contribution in [2.75, 3.05) is 0 Å². The monoisotopic (exact) mass is 719 g/mol. The normalized spacial score (nSPS) is 11.6. The van der Waals surface area contributed by atoms with Gasteiger partial charge in [0, 0.05) is 53.0 Å². The lowest BCUT2D eigenvalue weighted by Gasteiger charge is -2.15. The fourth-order valence-electron chi connectivity index (χ4n) is 8.15. The molecule has 0 fully saturated rings. The van der Waals surface area contributed by atoms with Gasteiger partial charge in [-0.3, -0.25) is 0 Å². The third kappa shape index (κ3) is 4.58. The second-order valence-electron chi connectivity index (χ2n) is 13.5. The van der Waals surface area contributed by atoms with Gasteiger partial charge in [-0.25, -0.2) is 9.97 Å². The van der Waals surface area contributed by atoms with Crippen molar-refractivity contribution in [3.8, 4) is 51.7 Å². The highest BCUT2D eigenvalue weighted by Gasteiger charge is 2.24. The van der Waals surface area contributed by atoms with Gasteiger partial charge >= 0.3 is 0 Å². The van der Waals surface area contributed by atoms with Crippen LogP contribution in [0.4, 0.5) is 0 Å². The van der Waals surface area contributed by atoms with Crippen molar-refractivity contribution in [1.29, 1.82) is 10.5 Å². The van der Waals surface area contributed by atoms with Crippen LogP contribution in [0.1, 0.15) is 11.1 Å². The summed E-state index contributed by atoms with van der Waals surface area (Å²) < 4.78 is 10.8. The van der Waals surface area contributed by atoms with Gasteiger partial charge in [-0.05, 0) is 48.5 Å². The Hall–Kier alpha value is -7.58. The highest BCUT2D eigenvalue weighted by molar-refractivity contribution is 7.25. The van der Waals surface area contributed by atoms with E-state index < -0.39 is 0 Å². The van der Waals surface area contributed by atoms with Gasteiger partial charge in [0.15, 0.2) is 5.82 Å². The largest absolute Gasteiger partial charge is 0.456 e. The summed E-state index contributed by atoms with van der Waals surface area (Å²) >= 11 is 1.74. The molecule has 55 heavy (non-hydrogen) atoms. The van der Waals surface area contributed by atoms with Gasteiger partial charge in [-0.1, -0.05) is 103 Å². The van der Waals surface area contributed by atoms with Crippen LogP contribution < -0.4 is 0 Å². The summed E-state index contributed by atoms with van der Waals surface area (Å²) in [7, 11) is 0. The molecule has 7 aromatic carbocycles. The van der Waals surface area contributed by atoms with E-state index in [1.165, 1.54) is 4.70 Å². The van der Waals surface area contributed by atoms with E-state index >= 15 is 0 Å². The number of hydrogen-bond donors (Lipinski definition) is 0. The third-order valence-electron chi connectivity index (χ3n) is 10.5. The molecule has 0 aliphatic rings. The Balaban J connectivity index is 1.19. The Kier molecular flexibility index (Phi) is 6.75. The predicted molar refractivity (Wildman–Crippen MR) is 222 cm³/mol. The van der Waals surface area contributed by atoms with Crippen LogP contribution >= 0.6 is 11.3 Å². The van der Waals surface area contributed by atoms with Crippen LogP contribution in [0.25, 0.3) is 104 Å². The van der Waals surface area contributed by atoms with Crippen LogP contribution in [-0.2, 0) is 0 Å². The number of rotatable bonds is 4. The summed E-state index contributed by atoms with van der Waals surface area (Å²) in [5.41, 5.74) is 8.40. The predicted octanol–water partition coefficient (Wildman–Crippen LogP) is 12.6. The topological polar surface area (TPSA) is 91.4 Å². The fraction of sp³-hybridized carbons (Fsp3) is 0. The maximum absolute atomic E-state index is 10.9. The van der Waals surface area contributed by atoms with E-state index in [9.17, 15) is 10.5 Å². The average molecular weight is 720 g/mol. The number of fused-ring (bicyclic) bond motifs is 10. The van der Waals surface area contributed by atoms with Gasteiger partial charge in [-0.15, -0.1) is 11.3 Å². The zero-order chi connectivity index (χ0) is 36.6. The summed E-state index contributed by atoms with van der Waals surface area (Å²) in [4.78, 5) is 10.3. The zero-order valence-electron chi connectivity index (χ0n) is 29.0. The molecule has 0 spiro atoms. The Labute approximate surface area is 318 Å². The van der Waals surface area contributed by atoms with Gasteiger partial charge in [0.05, 0.1) is 39.1 Å². The third-order valence-corrected chi connectivity index (χ3v) is 11.7. The molecular formula is C48H25N5OS. The number of nitriles is 2. The first-order valence-corrected chi connectivity index (χ1v) is 18.7. The summed E-state index contributed by atoms with van der Waals surface area (Å²) in [5, 5.41) is 28.0. The number of furan rings is 1. The van der Waals surface area contributed by atoms with Gasteiger partial charge in [0.2, 0.25) is 0 Å². The first-order chi connectivity index (χ1) is 27.2. The summed E-state index contributed by atoms with van der Waals surface area (Å²) in [6.07, 6.45) is 0. The average Bonchev–Trinajstić information content (AvgIpc) is 3.93. The molecule has 6 nitrogen and oxygen atoms in total. The molecule has 4 aromatic heterocycles. The maximum Gasteiger partial charge on any atom is 0.161 e. The van der Waals surface area contributed by atoms with E-state index in [2.05, 4.69) is 65.2 Å². The molecular weight excluding hydrogens is 695 g/mol. The van der Waals surface area contributed by atoms with Gasteiger partial charge in [-0.2, -0.15) is 10.5 Å². The first kappa shape index (κ1) is 31.0. The van der Waals surface area contributed by atoms with Crippen LogP contribution in [0.2, 0.25) is 0 Å². The molecule has 0 radical (unpaired) electrons. The SMILES string of the molecule is N#Cc1cc(-c2nc(-c3cccc4sc5ccccc5c34)nc(-c3ccccc3)c2C#N)ccc1-n1c2ccccc2c2ccc3oc4ccccc4c3c21. The Morgan fingerprint density at radius 3 is 2.11 bits per heavy atom. The van der Waals surface area contributed by atoms with E-state index in [1.807, 2.05) is 103 Å².